The normalized spacial score (nSPS) is 59.6. The van der Waals surface area contributed by atoms with Crippen LogP contribution in [0.3, 0.4) is 0 Å². The first-order valence-electron chi connectivity index (χ1n) is 15.3. The Morgan fingerprint density at radius 3 is 2.31 bits per heavy atom. The maximum atomic E-state index is 14.0. The van der Waals surface area contributed by atoms with Crippen LogP contribution in [0.5, 0.6) is 0 Å². The Labute approximate surface area is 214 Å². The zero-order valence-electron chi connectivity index (χ0n) is 22.1. The van der Waals surface area contributed by atoms with Crippen molar-refractivity contribution in [1.82, 2.24) is 0 Å². The van der Waals surface area contributed by atoms with Gasteiger partial charge in [0.25, 0.3) is 0 Å². The van der Waals surface area contributed by atoms with E-state index >= 15 is 0 Å². The lowest BCUT2D eigenvalue weighted by Gasteiger charge is -2.56. The molecule has 7 saturated carbocycles. The number of ether oxygens (including phenoxy) is 2. The van der Waals surface area contributed by atoms with E-state index in [-0.39, 0.29) is 41.3 Å². The summed E-state index contributed by atoms with van der Waals surface area (Å²) in [5.41, 5.74) is 0.145. The molecule has 0 N–H and O–H groups in total. The van der Waals surface area contributed by atoms with Crippen molar-refractivity contribution in [3.63, 3.8) is 0 Å². The zero-order chi connectivity index (χ0) is 24.7. The largest absolute Gasteiger partial charge is 0.458 e. The fourth-order valence-corrected chi connectivity index (χ4v) is 12.6. The molecule has 0 aromatic carbocycles. The van der Waals surface area contributed by atoms with Crippen LogP contribution in [0.15, 0.2) is 0 Å². The number of cyclic esters (lactones) is 2. The molecular weight excluding hydrogens is 452 g/mol. The van der Waals surface area contributed by atoms with Crippen LogP contribution in [0.25, 0.3) is 0 Å². The number of hydrogen-bond donors (Lipinski definition) is 0. The Kier molecular flexibility index (Phi) is 4.50. The van der Waals surface area contributed by atoms with Crippen LogP contribution < -0.4 is 0 Å². The van der Waals surface area contributed by atoms with Crippen LogP contribution in [0.1, 0.15) is 85.0 Å². The lowest BCUT2D eigenvalue weighted by Crippen LogP contribution is -2.59. The van der Waals surface area contributed by atoms with Gasteiger partial charge in [0.05, 0.1) is 17.8 Å². The summed E-state index contributed by atoms with van der Waals surface area (Å²) in [7, 11) is 0. The molecular formula is C31H42O5. The molecule has 0 amide bonds. The monoisotopic (exact) mass is 494 g/mol. The van der Waals surface area contributed by atoms with Gasteiger partial charge in [0, 0.05) is 5.41 Å². The van der Waals surface area contributed by atoms with E-state index in [0.717, 1.165) is 62.2 Å². The summed E-state index contributed by atoms with van der Waals surface area (Å²) in [6.45, 7) is 6.89. The fourth-order valence-electron chi connectivity index (χ4n) is 12.6. The van der Waals surface area contributed by atoms with Gasteiger partial charge in [-0.1, -0.05) is 27.2 Å². The van der Waals surface area contributed by atoms with Gasteiger partial charge in [-0.15, -0.1) is 0 Å². The number of carbonyl (C=O) groups is 3. The summed E-state index contributed by atoms with van der Waals surface area (Å²) in [4.78, 5) is 38.5. The molecule has 5 heteroatoms. The lowest BCUT2D eigenvalue weighted by molar-refractivity contribution is -0.215. The van der Waals surface area contributed by atoms with Crippen LogP contribution in [-0.2, 0) is 23.9 Å². The van der Waals surface area contributed by atoms with Gasteiger partial charge in [-0.3, -0.25) is 14.4 Å². The minimum Gasteiger partial charge on any atom is -0.458 e. The maximum absolute atomic E-state index is 14.0. The Bertz CT molecular complexity index is 1030. The molecule has 2 bridgehead atoms. The molecule has 0 aromatic heterocycles. The van der Waals surface area contributed by atoms with Crippen molar-refractivity contribution in [1.29, 1.82) is 0 Å². The summed E-state index contributed by atoms with van der Waals surface area (Å²) in [6, 6.07) is 0. The predicted molar refractivity (Wildman–Crippen MR) is 131 cm³/mol. The average molecular weight is 495 g/mol. The SMILES string of the molecule is CCC1(OC(=O)C2CC3CC2C(C2CC4C(=O)OC(=O)C4CC2C)C3C)CC2C3CCCC3C3CC231. The van der Waals surface area contributed by atoms with Gasteiger partial charge in [-0.05, 0) is 117 Å². The molecule has 1 heterocycles. The first-order chi connectivity index (χ1) is 17.3. The molecule has 15 atom stereocenters. The van der Waals surface area contributed by atoms with E-state index < -0.39 is 0 Å². The molecule has 5 nitrogen and oxygen atoms in total. The maximum Gasteiger partial charge on any atom is 0.317 e. The van der Waals surface area contributed by atoms with Gasteiger partial charge in [0.1, 0.15) is 5.60 Å². The van der Waals surface area contributed by atoms with Crippen molar-refractivity contribution in [2.24, 2.45) is 82.3 Å². The third kappa shape index (κ3) is 2.52. The number of fused-ring (bicyclic) bond motifs is 6. The molecule has 0 aromatic rings. The highest BCUT2D eigenvalue weighted by Crippen LogP contribution is 2.86. The Balaban J connectivity index is 1.01. The number of carbonyl (C=O) groups excluding carboxylic acids is 3. The van der Waals surface area contributed by atoms with Crippen molar-refractivity contribution >= 4 is 17.9 Å². The zero-order valence-corrected chi connectivity index (χ0v) is 22.1. The van der Waals surface area contributed by atoms with Gasteiger partial charge in [-0.25, -0.2) is 0 Å². The first kappa shape index (κ1) is 22.6. The van der Waals surface area contributed by atoms with Gasteiger partial charge in [0.15, 0.2) is 0 Å². The third-order valence-corrected chi connectivity index (χ3v) is 14.1. The van der Waals surface area contributed by atoms with E-state index in [1.165, 1.54) is 25.7 Å². The third-order valence-electron chi connectivity index (χ3n) is 14.1. The summed E-state index contributed by atoms with van der Waals surface area (Å²) in [5.74, 6) is 5.23. The molecule has 196 valence electrons. The summed E-state index contributed by atoms with van der Waals surface area (Å²) >= 11 is 0. The van der Waals surface area contributed by atoms with Crippen molar-refractivity contribution in [2.75, 3.05) is 0 Å². The Hall–Kier alpha value is -1.39. The smallest absolute Gasteiger partial charge is 0.317 e. The van der Waals surface area contributed by atoms with Gasteiger partial charge in [0.2, 0.25) is 0 Å². The minimum absolute atomic E-state index is 0.0234. The number of rotatable bonds is 4. The summed E-state index contributed by atoms with van der Waals surface area (Å²) in [5, 5.41) is 0. The van der Waals surface area contributed by atoms with E-state index in [1.807, 2.05) is 0 Å². The highest BCUT2D eigenvalue weighted by molar-refractivity contribution is 5.96. The molecule has 1 spiro atoms. The molecule has 0 radical (unpaired) electrons. The molecule has 36 heavy (non-hydrogen) atoms. The van der Waals surface area contributed by atoms with Crippen LogP contribution in [0.2, 0.25) is 0 Å². The van der Waals surface area contributed by atoms with Crippen molar-refractivity contribution in [3.05, 3.63) is 0 Å². The molecule has 1 aliphatic heterocycles. The van der Waals surface area contributed by atoms with Gasteiger partial charge < -0.3 is 9.47 Å². The predicted octanol–water partition coefficient (Wildman–Crippen LogP) is 5.40. The highest BCUT2D eigenvalue weighted by atomic mass is 16.6. The topological polar surface area (TPSA) is 69.7 Å². The van der Waals surface area contributed by atoms with Gasteiger partial charge in [-0.2, -0.15) is 0 Å². The molecule has 1 saturated heterocycles. The Morgan fingerprint density at radius 1 is 0.917 bits per heavy atom. The van der Waals surface area contributed by atoms with Crippen LogP contribution in [-0.4, -0.2) is 23.5 Å². The van der Waals surface area contributed by atoms with Crippen LogP contribution in [0.4, 0.5) is 0 Å². The second-order valence-electron chi connectivity index (χ2n) is 14.7. The number of hydrogen-bond acceptors (Lipinski definition) is 5. The lowest BCUT2D eigenvalue weighted by atomic mass is 9.55. The van der Waals surface area contributed by atoms with Gasteiger partial charge >= 0.3 is 17.9 Å². The second-order valence-corrected chi connectivity index (χ2v) is 14.7. The Morgan fingerprint density at radius 2 is 1.61 bits per heavy atom. The second kappa shape index (κ2) is 7.17. The van der Waals surface area contributed by atoms with E-state index in [9.17, 15) is 14.4 Å². The van der Waals surface area contributed by atoms with E-state index in [2.05, 4.69) is 20.8 Å². The van der Waals surface area contributed by atoms with Crippen LogP contribution >= 0.6 is 0 Å². The van der Waals surface area contributed by atoms with E-state index in [4.69, 9.17) is 9.47 Å². The summed E-state index contributed by atoms with van der Waals surface area (Å²) < 4.78 is 11.7. The number of esters is 3. The standard InChI is InChI=1S/C31H42O5/c1-4-30(12-24-17-6-5-7-18(17)25-13-31(24,25)30)36-29(34)22-10-16-9-20(22)26(15(16)3)19-11-23-21(8-14(19)2)27(32)35-28(23)33/h14-26H,4-13H2,1-3H3. The molecule has 15 unspecified atom stereocenters. The highest BCUT2D eigenvalue weighted by Gasteiger charge is 2.85. The summed E-state index contributed by atoms with van der Waals surface area (Å²) in [6.07, 6.45) is 11.3. The van der Waals surface area contributed by atoms with Crippen molar-refractivity contribution < 1.29 is 23.9 Å². The van der Waals surface area contributed by atoms with Crippen LogP contribution in [0, 0.1) is 82.3 Å². The minimum atomic E-state index is -0.310. The van der Waals surface area contributed by atoms with Crippen molar-refractivity contribution in [3.8, 4) is 0 Å². The molecule has 8 aliphatic rings. The van der Waals surface area contributed by atoms with E-state index in [1.54, 1.807) is 0 Å². The molecule has 7 aliphatic carbocycles. The molecule has 8 rings (SSSR count). The molecule has 8 fully saturated rings. The van der Waals surface area contributed by atoms with E-state index in [0.29, 0.717) is 40.9 Å². The average Bonchev–Trinajstić information content (AvgIpc) is 3.19. The fraction of sp³-hybridized carbons (Fsp3) is 0.903. The quantitative estimate of drug-likeness (QED) is 0.386. The first-order valence-corrected chi connectivity index (χ1v) is 15.3. The van der Waals surface area contributed by atoms with Crippen molar-refractivity contribution in [2.45, 2.75) is 90.6 Å².